The van der Waals surface area contributed by atoms with Crippen LogP contribution in [-0.4, -0.2) is 43.0 Å². The predicted molar refractivity (Wildman–Crippen MR) is 84.3 cm³/mol. The van der Waals surface area contributed by atoms with Crippen molar-refractivity contribution < 1.29 is 4.79 Å². The molecule has 0 aliphatic carbocycles. The number of aromatic nitrogens is 1. The van der Waals surface area contributed by atoms with Crippen molar-refractivity contribution in [3.63, 3.8) is 0 Å². The van der Waals surface area contributed by atoms with Crippen LogP contribution < -0.4 is 11.1 Å². The smallest absolute Gasteiger partial charge is 0.265 e. The molecule has 0 atom stereocenters. The Labute approximate surface area is 122 Å². The SMILES string of the molecule is CNCCCN(C)C(=O)c1sc2nccc(C)c2c1N. The third kappa shape index (κ3) is 2.76. The second-order valence-corrected chi connectivity index (χ2v) is 5.84. The van der Waals surface area contributed by atoms with E-state index in [0.717, 1.165) is 28.7 Å². The number of anilines is 1. The van der Waals surface area contributed by atoms with Crippen molar-refractivity contribution in [2.45, 2.75) is 13.3 Å². The molecular formula is C14H20N4OS. The molecule has 0 unspecified atom stereocenters. The van der Waals surface area contributed by atoms with E-state index in [-0.39, 0.29) is 5.91 Å². The Hall–Kier alpha value is -1.66. The first-order valence-corrected chi connectivity index (χ1v) is 7.41. The van der Waals surface area contributed by atoms with Crippen LogP contribution in [0.15, 0.2) is 12.3 Å². The lowest BCUT2D eigenvalue weighted by molar-refractivity contribution is 0.0799. The molecule has 108 valence electrons. The number of carbonyl (C=O) groups excluding carboxylic acids is 1. The second-order valence-electron chi connectivity index (χ2n) is 4.84. The summed E-state index contributed by atoms with van der Waals surface area (Å²) in [6.07, 6.45) is 2.67. The van der Waals surface area contributed by atoms with Gasteiger partial charge in [0.1, 0.15) is 9.71 Å². The number of thiophene rings is 1. The van der Waals surface area contributed by atoms with Gasteiger partial charge in [-0.15, -0.1) is 11.3 Å². The number of hydrogen-bond donors (Lipinski definition) is 2. The van der Waals surface area contributed by atoms with Crippen molar-refractivity contribution in [2.24, 2.45) is 0 Å². The van der Waals surface area contributed by atoms with Crippen LogP contribution in [0.5, 0.6) is 0 Å². The van der Waals surface area contributed by atoms with Crippen LogP contribution in [0.2, 0.25) is 0 Å². The highest BCUT2D eigenvalue weighted by Gasteiger charge is 2.20. The molecule has 5 nitrogen and oxygen atoms in total. The quantitative estimate of drug-likeness (QED) is 0.825. The number of nitrogen functional groups attached to an aromatic ring is 1. The molecule has 20 heavy (non-hydrogen) atoms. The fourth-order valence-electron chi connectivity index (χ4n) is 2.13. The van der Waals surface area contributed by atoms with E-state index in [1.165, 1.54) is 11.3 Å². The van der Waals surface area contributed by atoms with Gasteiger partial charge < -0.3 is 16.0 Å². The average molecular weight is 292 g/mol. The third-order valence-corrected chi connectivity index (χ3v) is 4.40. The van der Waals surface area contributed by atoms with Crippen molar-refractivity contribution >= 4 is 33.1 Å². The lowest BCUT2D eigenvalue weighted by Crippen LogP contribution is -2.29. The van der Waals surface area contributed by atoms with Gasteiger partial charge in [0.2, 0.25) is 0 Å². The summed E-state index contributed by atoms with van der Waals surface area (Å²) >= 11 is 1.37. The number of pyridine rings is 1. The fraction of sp³-hybridized carbons (Fsp3) is 0.429. The van der Waals surface area contributed by atoms with Gasteiger partial charge in [-0.25, -0.2) is 4.98 Å². The summed E-state index contributed by atoms with van der Waals surface area (Å²) in [7, 11) is 3.71. The van der Waals surface area contributed by atoms with E-state index in [0.29, 0.717) is 17.1 Å². The van der Waals surface area contributed by atoms with Crippen molar-refractivity contribution in [3.8, 4) is 0 Å². The lowest BCUT2D eigenvalue weighted by atomic mass is 10.1. The summed E-state index contributed by atoms with van der Waals surface area (Å²) < 4.78 is 0. The molecule has 2 aromatic heterocycles. The van der Waals surface area contributed by atoms with Gasteiger partial charge in [-0.1, -0.05) is 0 Å². The Bertz CT molecular complexity index is 623. The Morgan fingerprint density at radius 2 is 2.30 bits per heavy atom. The van der Waals surface area contributed by atoms with Gasteiger partial charge in [-0.2, -0.15) is 0 Å². The minimum absolute atomic E-state index is 0.0268. The molecule has 0 radical (unpaired) electrons. The number of nitrogens with one attached hydrogen (secondary N) is 1. The number of rotatable bonds is 5. The van der Waals surface area contributed by atoms with E-state index in [1.54, 1.807) is 11.1 Å². The molecule has 0 spiro atoms. The van der Waals surface area contributed by atoms with Gasteiger partial charge in [0.15, 0.2) is 0 Å². The summed E-state index contributed by atoms with van der Waals surface area (Å²) in [5, 5.41) is 3.98. The number of fused-ring (bicyclic) bond motifs is 1. The predicted octanol–water partition coefficient (Wildman–Crippen LogP) is 1.87. The average Bonchev–Trinajstić information content (AvgIpc) is 2.76. The Morgan fingerprint density at radius 3 is 2.95 bits per heavy atom. The number of amides is 1. The zero-order valence-corrected chi connectivity index (χ0v) is 12.9. The van der Waals surface area contributed by atoms with Crippen LogP contribution in [0.1, 0.15) is 21.7 Å². The fourth-order valence-corrected chi connectivity index (χ4v) is 3.27. The van der Waals surface area contributed by atoms with Crippen LogP contribution in [0.3, 0.4) is 0 Å². The van der Waals surface area contributed by atoms with Gasteiger partial charge in [-0.05, 0) is 38.6 Å². The molecule has 2 heterocycles. The highest BCUT2D eigenvalue weighted by molar-refractivity contribution is 7.21. The van der Waals surface area contributed by atoms with Crippen LogP contribution in [-0.2, 0) is 0 Å². The molecular weight excluding hydrogens is 272 g/mol. The molecule has 0 aromatic carbocycles. The van der Waals surface area contributed by atoms with Crippen LogP contribution >= 0.6 is 11.3 Å². The van der Waals surface area contributed by atoms with E-state index in [2.05, 4.69) is 10.3 Å². The largest absolute Gasteiger partial charge is 0.397 e. The molecule has 0 saturated heterocycles. The maximum atomic E-state index is 12.4. The lowest BCUT2D eigenvalue weighted by Gasteiger charge is -2.16. The first-order valence-electron chi connectivity index (χ1n) is 6.60. The van der Waals surface area contributed by atoms with E-state index in [1.807, 2.05) is 27.1 Å². The molecule has 0 aliphatic heterocycles. The third-order valence-electron chi connectivity index (χ3n) is 3.30. The zero-order valence-electron chi connectivity index (χ0n) is 12.1. The van der Waals surface area contributed by atoms with Crippen molar-refractivity contribution in [1.82, 2.24) is 15.2 Å². The Balaban J connectivity index is 2.26. The van der Waals surface area contributed by atoms with E-state index < -0.39 is 0 Å². The Kier molecular flexibility index (Phi) is 4.57. The summed E-state index contributed by atoms with van der Waals surface area (Å²) in [5.74, 6) is -0.0268. The number of aryl methyl sites for hydroxylation is 1. The van der Waals surface area contributed by atoms with Crippen LogP contribution in [0.25, 0.3) is 10.2 Å². The molecule has 0 saturated carbocycles. The number of carbonyl (C=O) groups is 1. The molecule has 1 amide bonds. The van der Waals surface area contributed by atoms with Crippen molar-refractivity contribution in [1.29, 1.82) is 0 Å². The van der Waals surface area contributed by atoms with E-state index >= 15 is 0 Å². The summed E-state index contributed by atoms with van der Waals surface area (Å²) in [4.78, 5) is 19.9. The van der Waals surface area contributed by atoms with E-state index in [4.69, 9.17) is 5.73 Å². The van der Waals surface area contributed by atoms with Crippen LogP contribution in [0.4, 0.5) is 5.69 Å². The summed E-state index contributed by atoms with van der Waals surface area (Å²) in [6.45, 7) is 3.58. The monoisotopic (exact) mass is 292 g/mol. The first kappa shape index (κ1) is 14.7. The molecule has 2 aromatic rings. The van der Waals surface area contributed by atoms with Crippen molar-refractivity contribution in [2.75, 3.05) is 32.9 Å². The number of hydrogen-bond acceptors (Lipinski definition) is 5. The summed E-state index contributed by atoms with van der Waals surface area (Å²) in [5.41, 5.74) is 7.76. The van der Waals surface area contributed by atoms with Gasteiger partial charge in [0.05, 0.1) is 5.69 Å². The van der Waals surface area contributed by atoms with Crippen LogP contribution in [0, 0.1) is 6.92 Å². The van der Waals surface area contributed by atoms with E-state index in [9.17, 15) is 4.79 Å². The minimum Gasteiger partial charge on any atom is -0.397 e. The molecule has 2 rings (SSSR count). The van der Waals surface area contributed by atoms with Crippen molar-refractivity contribution in [3.05, 3.63) is 22.7 Å². The van der Waals surface area contributed by atoms with Gasteiger partial charge in [-0.3, -0.25) is 4.79 Å². The maximum absolute atomic E-state index is 12.4. The zero-order chi connectivity index (χ0) is 14.7. The highest BCUT2D eigenvalue weighted by Crippen LogP contribution is 2.34. The number of nitrogens with two attached hydrogens (primary N) is 1. The standard InChI is InChI=1S/C14H20N4OS/c1-9-5-7-17-13-10(9)11(15)12(20-13)14(19)18(3)8-4-6-16-2/h5,7,16H,4,6,8,15H2,1-3H3. The molecule has 3 N–H and O–H groups in total. The minimum atomic E-state index is -0.0268. The topological polar surface area (TPSA) is 71.2 Å². The van der Waals surface area contributed by atoms with Gasteiger partial charge in [0, 0.05) is 25.2 Å². The number of nitrogens with zero attached hydrogens (tertiary/aromatic N) is 2. The Morgan fingerprint density at radius 1 is 1.55 bits per heavy atom. The van der Waals surface area contributed by atoms with Gasteiger partial charge in [0.25, 0.3) is 5.91 Å². The summed E-state index contributed by atoms with van der Waals surface area (Å²) in [6, 6.07) is 1.91. The normalized spacial score (nSPS) is 10.9. The molecule has 0 bridgehead atoms. The van der Waals surface area contributed by atoms with Gasteiger partial charge >= 0.3 is 0 Å². The maximum Gasteiger partial charge on any atom is 0.265 e. The highest BCUT2D eigenvalue weighted by atomic mass is 32.1. The molecule has 0 aliphatic rings. The second kappa shape index (κ2) is 6.19. The first-order chi connectivity index (χ1) is 9.56. The molecule has 6 heteroatoms. The molecule has 0 fully saturated rings.